The van der Waals surface area contributed by atoms with Gasteiger partial charge in [-0.05, 0) is 42.9 Å². The van der Waals surface area contributed by atoms with Gasteiger partial charge in [0.2, 0.25) is 0 Å². The minimum Gasteiger partial charge on any atom is -0.488 e. The molecule has 0 bridgehead atoms. The van der Waals surface area contributed by atoms with E-state index in [9.17, 15) is 0 Å². The number of benzene rings is 2. The van der Waals surface area contributed by atoms with Gasteiger partial charge >= 0.3 is 0 Å². The van der Waals surface area contributed by atoms with Gasteiger partial charge in [-0.25, -0.2) is 0 Å². The second-order valence-electron chi connectivity index (χ2n) is 6.23. The Hall–Kier alpha value is -2.79. The van der Waals surface area contributed by atoms with Crippen molar-refractivity contribution in [1.29, 1.82) is 0 Å². The fourth-order valence-corrected chi connectivity index (χ4v) is 3.17. The Morgan fingerprint density at radius 3 is 2.74 bits per heavy atom. The Morgan fingerprint density at radius 1 is 1.22 bits per heavy atom. The third kappa shape index (κ3) is 4.89. The molecule has 0 aliphatic carbocycles. The van der Waals surface area contributed by atoms with Crippen LogP contribution in [-0.4, -0.2) is 31.4 Å². The predicted molar refractivity (Wildman–Crippen MR) is 118 cm³/mol. The molecule has 0 spiro atoms. The first-order valence-corrected chi connectivity index (χ1v) is 9.55. The number of hydrogen-bond donors (Lipinski definition) is 2. The highest BCUT2D eigenvalue weighted by molar-refractivity contribution is 7.80. The Bertz CT molecular complexity index is 830. The van der Waals surface area contributed by atoms with Crippen molar-refractivity contribution in [2.24, 2.45) is 0 Å². The number of fused-ring (bicyclic) bond motifs is 1. The van der Waals surface area contributed by atoms with Crippen LogP contribution in [0.25, 0.3) is 11.6 Å². The normalized spacial score (nSPS) is 13.6. The lowest BCUT2D eigenvalue weighted by Gasteiger charge is -2.23. The van der Waals surface area contributed by atoms with Gasteiger partial charge < -0.3 is 20.3 Å². The molecule has 2 N–H and O–H groups in total. The smallest absolute Gasteiger partial charge is 0.170 e. The van der Waals surface area contributed by atoms with Crippen molar-refractivity contribution in [2.75, 3.05) is 31.1 Å². The molecule has 0 aromatic heterocycles. The highest BCUT2D eigenvalue weighted by Gasteiger charge is 2.16. The van der Waals surface area contributed by atoms with Crippen LogP contribution in [0.2, 0.25) is 0 Å². The van der Waals surface area contributed by atoms with Gasteiger partial charge in [-0.1, -0.05) is 43.0 Å². The Morgan fingerprint density at radius 2 is 2.00 bits per heavy atom. The van der Waals surface area contributed by atoms with Gasteiger partial charge in [0.05, 0.1) is 0 Å². The fraction of sp³-hybridized carbons (Fsp3) is 0.227. The monoisotopic (exact) mass is 379 g/mol. The number of rotatable bonds is 7. The quantitative estimate of drug-likeness (QED) is 0.710. The zero-order valence-electron chi connectivity index (χ0n) is 15.6. The molecule has 0 radical (unpaired) electrons. The molecule has 3 rings (SSSR count). The van der Waals surface area contributed by atoms with E-state index in [0.29, 0.717) is 11.7 Å². The molecular formula is C22H25N3OS. The first-order chi connectivity index (χ1) is 13.2. The van der Waals surface area contributed by atoms with E-state index in [4.69, 9.17) is 17.0 Å². The first kappa shape index (κ1) is 19.0. The third-order valence-electron chi connectivity index (χ3n) is 4.54. The molecule has 0 saturated carbocycles. The second kappa shape index (κ2) is 9.24. The lowest BCUT2D eigenvalue weighted by molar-refractivity contribution is 0.388. The maximum Gasteiger partial charge on any atom is 0.170 e. The molecular weight excluding hydrogens is 354 g/mol. The largest absolute Gasteiger partial charge is 0.488 e. The van der Waals surface area contributed by atoms with Gasteiger partial charge in [0.15, 0.2) is 5.11 Å². The molecule has 1 aliphatic rings. The zero-order chi connectivity index (χ0) is 19.1. The standard InChI is InChI=1S/C22H25N3OS/c1-3-17-9-11-19(12-10-17)25(4-2)14-13-23-22(27)24-15-18-16-26-21-8-6-5-7-20(18)21/h3,5-12,15H,1,4,13-14,16H2,2H3,(H2,23,24,27)/b18-15-. The maximum atomic E-state index is 5.65. The van der Waals surface area contributed by atoms with Crippen LogP contribution in [0.15, 0.2) is 61.3 Å². The molecule has 1 heterocycles. The van der Waals surface area contributed by atoms with Crippen molar-refractivity contribution in [1.82, 2.24) is 10.6 Å². The van der Waals surface area contributed by atoms with Crippen LogP contribution < -0.4 is 20.3 Å². The van der Waals surface area contributed by atoms with Crippen molar-refractivity contribution in [2.45, 2.75) is 6.92 Å². The lowest BCUT2D eigenvalue weighted by atomic mass is 10.1. The summed E-state index contributed by atoms with van der Waals surface area (Å²) in [6.07, 6.45) is 3.78. The maximum absolute atomic E-state index is 5.65. The average molecular weight is 380 g/mol. The summed E-state index contributed by atoms with van der Waals surface area (Å²) in [6, 6.07) is 16.4. The summed E-state index contributed by atoms with van der Waals surface area (Å²) in [5, 5.41) is 7.04. The summed E-state index contributed by atoms with van der Waals surface area (Å²) in [4.78, 5) is 2.31. The summed E-state index contributed by atoms with van der Waals surface area (Å²) >= 11 is 5.39. The van der Waals surface area contributed by atoms with Crippen LogP contribution in [0.3, 0.4) is 0 Å². The van der Waals surface area contributed by atoms with Gasteiger partial charge in [0, 0.05) is 42.7 Å². The molecule has 2 aromatic rings. The molecule has 27 heavy (non-hydrogen) atoms. The molecule has 0 unspecified atom stereocenters. The first-order valence-electron chi connectivity index (χ1n) is 9.14. The van der Waals surface area contributed by atoms with E-state index in [-0.39, 0.29) is 0 Å². The second-order valence-corrected chi connectivity index (χ2v) is 6.64. The lowest BCUT2D eigenvalue weighted by Crippen LogP contribution is -2.38. The van der Waals surface area contributed by atoms with E-state index in [2.05, 4.69) is 59.4 Å². The SMILES string of the molecule is C=Cc1ccc(N(CC)CCNC(=S)N/C=C2/COc3ccccc32)cc1. The van der Waals surface area contributed by atoms with E-state index in [1.54, 1.807) is 0 Å². The van der Waals surface area contributed by atoms with E-state index in [1.807, 2.05) is 30.5 Å². The fourth-order valence-electron chi connectivity index (χ4n) is 3.01. The van der Waals surface area contributed by atoms with Crippen LogP contribution in [0.5, 0.6) is 5.75 Å². The Labute approximate surface area is 166 Å². The van der Waals surface area contributed by atoms with E-state index in [0.717, 1.165) is 42.1 Å². The molecule has 4 nitrogen and oxygen atoms in total. The summed E-state index contributed by atoms with van der Waals surface area (Å²) in [6.45, 7) is 9.09. The van der Waals surface area contributed by atoms with E-state index in [1.165, 1.54) is 5.69 Å². The number of thiocarbonyl (C=S) groups is 1. The molecule has 1 aliphatic heterocycles. The summed E-state index contributed by atoms with van der Waals surface area (Å²) in [7, 11) is 0. The molecule has 0 atom stereocenters. The minimum atomic E-state index is 0.569. The van der Waals surface area contributed by atoms with Crippen LogP contribution in [0.4, 0.5) is 5.69 Å². The van der Waals surface area contributed by atoms with E-state index < -0.39 is 0 Å². The van der Waals surface area contributed by atoms with Crippen molar-refractivity contribution in [3.8, 4) is 5.75 Å². The molecule has 0 fully saturated rings. The number of ether oxygens (including phenoxy) is 1. The third-order valence-corrected chi connectivity index (χ3v) is 4.80. The molecule has 0 amide bonds. The van der Waals surface area contributed by atoms with Crippen LogP contribution in [0, 0.1) is 0 Å². The molecule has 0 saturated heterocycles. The number of para-hydroxylation sites is 1. The van der Waals surface area contributed by atoms with Gasteiger partial charge in [-0.15, -0.1) is 0 Å². The van der Waals surface area contributed by atoms with Gasteiger partial charge in [0.25, 0.3) is 0 Å². The Balaban J connectivity index is 1.47. The van der Waals surface area contributed by atoms with Crippen molar-refractivity contribution < 1.29 is 4.74 Å². The summed E-state index contributed by atoms with van der Waals surface area (Å²) in [5.74, 6) is 0.922. The van der Waals surface area contributed by atoms with Crippen molar-refractivity contribution in [3.05, 3.63) is 72.4 Å². The predicted octanol–water partition coefficient (Wildman–Crippen LogP) is 4.05. The number of nitrogens with one attached hydrogen (secondary N) is 2. The topological polar surface area (TPSA) is 36.5 Å². The molecule has 2 aromatic carbocycles. The molecule has 5 heteroatoms. The molecule has 140 valence electrons. The van der Waals surface area contributed by atoms with Gasteiger partial charge in [-0.3, -0.25) is 0 Å². The number of nitrogens with zero attached hydrogens (tertiary/aromatic N) is 1. The van der Waals surface area contributed by atoms with Crippen LogP contribution in [-0.2, 0) is 0 Å². The van der Waals surface area contributed by atoms with Crippen molar-refractivity contribution in [3.63, 3.8) is 0 Å². The number of hydrogen-bond acceptors (Lipinski definition) is 3. The zero-order valence-corrected chi connectivity index (χ0v) is 16.4. The van der Waals surface area contributed by atoms with Gasteiger partial charge in [0.1, 0.15) is 12.4 Å². The highest BCUT2D eigenvalue weighted by atomic mass is 32.1. The Kier molecular flexibility index (Phi) is 6.49. The summed E-state index contributed by atoms with van der Waals surface area (Å²) < 4.78 is 5.65. The van der Waals surface area contributed by atoms with Crippen LogP contribution in [0.1, 0.15) is 18.1 Å². The number of anilines is 1. The highest BCUT2D eigenvalue weighted by Crippen LogP contribution is 2.31. The van der Waals surface area contributed by atoms with Crippen LogP contribution >= 0.6 is 12.2 Å². The van der Waals surface area contributed by atoms with Gasteiger partial charge in [-0.2, -0.15) is 0 Å². The average Bonchev–Trinajstić information content (AvgIpc) is 3.13. The van der Waals surface area contributed by atoms with E-state index >= 15 is 0 Å². The van der Waals surface area contributed by atoms with Crippen molar-refractivity contribution >= 4 is 34.7 Å². The minimum absolute atomic E-state index is 0.569. The number of likely N-dealkylation sites (N-methyl/N-ethyl adjacent to an activating group) is 1. The summed E-state index contributed by atoms with van der Waals surface area (Å²) in [5.41, 5.74) is 4.55.